The van der Waals surface area contributed by atoms with Crippen molar-refractivity contribution in [3.8, 4) is 0 Å². The lowest BCUT2D eigenvalue weighted by Crippen LogP contribution is -2.29. The highest BCUT2D eigenvalue weighted by Crippen LogP contribution is 2.08. The number of carbonyl (C=O) groups excluding carboxylic acids is 3. The SMILES string of the molecule is CC(C)(C)OC(=O)COC(=O)OCC(=O)OC(C)(C)C. The minimum atomic E-state index is -1.14. The van der Waals surface area contributed by atoms with Gasteiger partial charge in [0.1, 0.15) is 11.2 Å². The smallest absolute Gasteiger partial charge is 0.457 e. The van der Waals surface area contributed by atoms with E-state index in [0.29, 0.717) is 0 Å². The second-order valence-electron chi connectivity index (χ2n) is 6.00. The molecule has 0 bridgehead atoms. The number of rotatable bonds is 4. The third kappa shape index (κ3) is 11.3. The highest BCUT2D eigenvalue weighted by molar-refractivity contribution is 5.76. The van der Waals surface area contributed by atoms with Crippen molar-refractivity contribution in [2.45, 2.75) is 52.7 Å². The molecule has 0 fully saturated rings. The molecule has 0 N–H and O–H groups in total. The van der Waals surface area contributed by atoms with Crippen LogP contribution in [0.3, 0.4) is 0 Å². The molecule has 20 heavy (non-hydrogen) atoms. The second kappa shape index (κ2) is 7.12. The molecule has 0 aliphatic rings. The Bertz CT molecular complexity index is 326. The summed E-state index contributed by atoms with van der Waals surface area (Å²) in [5.74, 6) is -1.40. The van der Waals surface area contributed by atoms with E-state index in [-0.39, 0.29) is 0 Å². The predicted octanol–water partition coefficient (Wildman–Crippen LogP) is 1.82. The first-order valence-electron chi connectivity index (χ1n) is 6.12. The van der Waals surface area contributed by atoms with Gasteiger partial charge in [0.2, 0.25) is 0 Å². The Kier molecular flexibility index (Phi) is 6.48. The van der Waals surface area contributed by atoms with E-state index in [1.165, 1.54) is 0 Å². The summed E-state index contributed by atoms with van der Waals surface area (Å²) < 4.78 is 18.8. The Morgan fingerprint density at radius 3 is 1.25 bits per heavy atom. The molecule has 7 heteroatoms. The molecular weight excluding hydrogens is 268 g/mol. The zero-order valence-corrected chi connectivity index (χ0v) is 12.8. The summed E-state index contributed by atoms with van der Waals surface area (Å²) in [6.07, 6.45) is -1.14. The van der Waals surface area contributed by atoms with Crippen LogP contribution in [-0.4, -0.2) is 42.5 Å². The molecule has 0 saturated heterocycles. The molecule has 116 valence electrons. The summed E-state index contributed by atoms with van der Waals surface area (Å²) in [4.78, 5) is 33.6. The zero-order chi connectivity index (χ0) is 16.0. The standard InChI is InChI=1S/C13H22O7/c1-12(2,3)19-9(14)7-17-11(16)18-8-10(15)20-13(4,5)6/h7-8H2,1-6H3. The molecule has 0 spiro atoms. The summed E-state index contributed by atoms with van der Waals surface area (Å²) in [5, 5.41) is 0. The summed E-state index contributed by atoms with van der Waals surface area (Å²) in [5.41, 5.74) is -1.33. The molecule has 0 aromatic heterocycles. The Morgan fingerprint density at radius 2 is 1.00 bits per heavy atom. The number of hydrogen-bond acceptors (Lipinski definition) is 7. The van der Waals surface area contributed by atoms with Crippen LogP contribution in [0.2, 0.25) is 0 Å². The van der Waals surface area contributed by atoms with E-state index in [9.17, 15) is 14.4 Å². The zero-order valence-electron chi connectivity index (χ0n) is 12.8. The largest absolute Gasteiger partial charge is 0.509 e. The number of esters is 2. The number of carbonyl (C=O) groups is 3. The van der Waals surface area contributed by atoms with Gasteiger partial charge in [-0.2, -0.15) is 0 Å². The molecule has 0 heterocycles. The maximum Gasteiger partial charge on any atom is 0.509 e. The Balaban J connectivity index is 3.91. The molecule has 0 unspecified atom stereocenters. The third-order valence-corrected chi connectivity index (χ3v) is 1.46. The van der Waals surface area contributed by atoms with Crippen molar-refractivity contribution >= 4 is 18.1 Å². The summed E-state index contributed by atoms with van der Waals surface area (Å²) in [7, 11) is 0. The van der Waals surface area contributed by atoms with Gasteiger partial charge < -0.3 is 18.9 Å². The van der Waals surface area contributed by atoms with Gasteiger partial charge in [0.15, 0.2) is 13.2 Å². The normalized spacial score (nSPS) is 11.5. The van der Waals surface area contributed by atoms with Crippen LogP contribution in [0, 0.1) is 0 Å². The molecule has 0 rings (SSSR count). The Labute approximate surface area is 118 Å². The number of ether oxygens (including phenoxy) is 4. The molecule has 0 aromatic rings. The molecule has 0 atom stereocenters. The molecular formula is C13H22O7. The van der Waals surface area contributed by atoms with Gasteiger partial charge in [-0.1, -0.05) is 0 Å². The molecule has 0 saturated carbocycles. The van der Waals surface area contributed by atoms with Crippen molar-refractivity contribution in [1.29, 1.82) is 0 Å². The summed E-state index contributed by atoms with van der Waals surface area (Å²) in [6, 6.07) is 0. The van der Waals surface area contributed by atoms with Gasteiger partial charge in [0, 0.05) is 0 Å². The van der Waals surface area contributed by atoms with Gasteiger partial charge in [-0.3, -0.25) is 0 Å². The van der Waals surface area contributed by atoms with Gasteiger partial charge in [-0.25, -0.2) is 14.4 Å². The molecule has 7 nitrogen and oxygen atoms in total. The van der Waals surface area contributed by atoms with Gasteiger partial charge in [0.25, 0.3) is 0 Å². The Morgan fingerprint density at radius 1 is 0.700 bits per heavy atom. The van der Waals surface area contributed by atoms with Crippen molar-refractivity contribution in [1.82, 2.24) is 0 Å². The molecule has 0 aliphatic carbocycles. The van der Waals surface area contributed by atoms with Gasteiger partial charge in [-0.15, -0.1) is 0 Å². The van der Waals surface area contributed by atoms with Crippen LogP contribution in [0.25, 0.3) is 0 Å². The van der Waals surface area contributed by atoms with Crippen LogP contribution in [-0.2, 0) is 28.5 Å². The molecule has 0 aliphatic heterocycles. The lowest BCUT2D eigenvalue weighted by atomic mass is 10.2. The molecule has 0 aromatic carbocycles. The fourth-order valence-corrected chi connectivity index (χ4v) is 1.02. The van der Waals surface area contributed by atoms with E-state index in [1.54, 1.807) is 41.5 Å². The lowest BCUT2D eigenvalue weighted by molar-refractivity contribution is -0.160. The van der Waals surface area contributed by atoms with Crippen molar-refractivity contribution in [3.05, 3.63) is 0 Å². The maximum absolute atomic E-state index is 11.2. The van der Waals surface area contributed by atoms with Gasteiger partial charge in [-0.05, 0) is 41.5 Å². The van der Waals surface area contributed by atoms with Gasteiger partial charge >= 0.3 is 18.1 Å². The van der Waals surface area contributed by atoms with E-state index in [0.717, 1.165) is 0 Å². The van der Waals surface area contributed by atoms with Gasteiger partial charge in [0.05, 0.1) is 0 Å². The molecule has 0 radical (unpaired) electrons. The minimum absolute atomic E-state index is 0.579. The monoisotopic (exact) mass is 290 g/mol. The van der Waals surface area contributed by atoms with E-state index in [4.69, 9.17) is 9.47 Å². The van der Waals surface area contributed by atoms with Crippen molar-refractivity contribution in [2.75, 3.05) is 13.2 Å². The second-order valence-corrected chi connectivity index (χ2v) is 6.00. The van der Waals surface area contributed by atoms with Crippen molar-refractivity contribution in [3.63, 3.8) is 0 Å². The Hall–Kier alpha value is -1.79. The highest BCUT2D eigenvalue weighted by atomic mass is 16.7. The third-order valence-electron chi connectivity index (χ3n) is 1.46. The fourth-order valence-electron chi connectivity index (χ4n) is 1.02. The average Bonchev–Trinajstić information content (AvgIpc) is 2.18. The van der Waals surface area contributed by atoms with Crippen LogP contribution in [0.15, 0.2) is 0 Å². The quantitative estimate of drug-likeness (QED) is 0.576. The summed E-state index contributed by atoms with van der Waals surface area (Å²) >= 11 is 0. The van der Waals surface area contributed by atoms with E-state index < -0.39 is 42.5 Å². The topological polar surface area (TPSA) is 88.1 Å². The molecule has 0 amide bonds. The van der Waals surface area contributed by atoms with E-state index in [2.05, 4.69) is 9.47 Å². The lowest BCUT2D eigenvalue weighted by Gasteiger charge is -2.19. The highest BCUT2D eigenvalue weighted by Gasteiger charge is 2.20. The number of hydrogen-bond donors (Lipinski definition) is 0. The fraction of sp³-hybridized carbons (Fsp3) is 0.769. The summed E-state index contributed by atoms with van der Waals surface area (Å²) in [6.45, 7) is 8.96. The van der Waals surface area contributed by atoms with Crippen LogP contribution in [0.4, 0.5) is 4.79 Å². The predicted molar refractivity (Wildman–Crippen MR) is 69.0 cm³/mol. The first kappa shape index (κ1) is 18.2. The van der Waals surface area contributed by atoms with E-state index in [1.807, 2.05) is 0 Å². The van der Waals surface area contributed by atoms with Crippen LogP contribution in [0.5, 0.6) is 0 Å². The first-order valence-corrected chi connectivity index (χ1v) is 6.12. The minimum Gasteiger partial charge on any atom is -0.457 e. The van der Waals surface area contributed by atoms with Crippen molar-refractivity contribution in [2.24, 2.45) is 0 Å². The van der Waals surface area contributed by atoms with E-state index >= 15 is 0 Å². The maximum atomic E-state index is 11.2. The first-order chi connectivity index (χ1) is 8.89. The van der Waals surface area contributed by atoms with Crippen LogP contribution < -0.4 is 0 Å². The average molecular weight is 290 g/mol. The van der Waals surface area contributed by atoms with Crippen molar-refractivity contribution < 1.29 is 33.3 Å². The van der Waals surface area contributed by atoms with Crippen LogP contribution >= 0.6 is 0 Å². The van der Waals surface area contributed by atoms with Crippen LogP contribution in [0.1, 0.15) is 41.5 Å².